The maximum Gasteiger partial charge on any atom is 0.193 e. The van der Waals surface area contributed by atoms with Crippen LogP contribution in [0.15, 0.2) is 255 Å². The van der Waals surface area contributed by atoms with Crippen molar-refractivity contribution in [1.29, 1.82) is 0 Å². The second-order valence-corrected chi connectivity index (χ2v) is 18.4. The number of carbonyl (C=O) groups is 9. The van der Waals surface area contributed by atoms with Crippen LogP contribution in [0.1, 0.15) is 143 Å². The van der Waals surface area contributed by atoms with Crippen molar-refractivity contribution in [3.8, 4) is 0 Å². The molecule has 0 spiro atoms. The summed E-state index contributed by atoms with van der Waals surface area (Å²) in [6.07, 6.45) is 0. The topological polar surface area (TPSA) is 154 Å². The molecule has 0 aromatic heterocycles. The first kappa shape index (κ1) is 50.7. The number of benzene rings is 10. The molecule has 0 saturated carbocycles. The third kappa shape index (κ3) is 10.9. The Morgan fingerprint density at radius 3 is 0.321 bits per heavy atom. The van der Waals surface area contributed by atoms with E-state index in [2.05, 4.69) is 0 Å². The lowest BCUT2D eigenvalue weighted by molar-refractivity contribution is 0.101. The van der Waals surface area contributed by atoms with Crippen molar-refractivity contribution < 1.29 is 43.2 Å². The van der Waals surface area contributed by atoms with E-state index in [9.17, 15) is 28.8 Å². The van der Waals surface area contributed by atoms with Gasteiger partial charge in [0.05, 0.1) is 0 Å². The first-order valence-electron chi connectivity index (χ1n) is 24.7. The Morgan fingerprint density at radius 2 is 0.218 bits per heavy atom. The molecule has 0 bridgehead atoms. The van der Waals surface area contributed by atoms with Crippen LogP contribution in [0.5, 0.6) is 0 Å². The number of hydrogen-bond acceptors (Lipinski definition) is 9. The van der Waals surface area contributed by atoms with Gasteiger partial charge in [-0.2, -0.15) is 0 Å². The summed E-state index contributed by atoms with van der Waals surface area (Å²) < 4.78 is 0. The number of hydrogen-bond donors (Lipinski definition) is 0. The smallest absolute Gasteiger partial charge is 0.193 e. The van der Waals surface area contributed by atoms with Gasteiger partial charge in [-0.25, -0.2) is 0 Å². The molecule has 9 nitrogen and oxygen atoms in total. The maximum atomic E-state index is 15.3. The fraction of sp³-hybridized carbons (Fsp3) is 0. The van der Waals surface area contributed by atoms with Crippen molar-refractivity contribution in [3.05, 3.63) is 355 Å². The molecule has 0 saturated heterocycles. The van der Waals surface area contributed by atoms with Crippen LogP contribution in [0.4, 0.5) is 0 Å². The van der Waals surface area contributed by atoms with Gasteiger partial charge in [0.15, 0.2) is 52.0 Å². The van der Waals surface area contributed by atoms with E-state index >= 15 is 14.4 Å². The van der Waals surface area contributed by atoms with Gasteiger partial charge >= 0.3 is 0 Å². The summed E-state index contributed by atoms with van der Waals surface area (Å²) in [4.78, 5) is 131. The third-order valence-electron chi connectivity index (χ3n) is 13.1. The van der Waals surface area contributed by atoms with Gasteiger partial charge in [-0.3, -0.25) is 43.2 Å². The van der Waals surface area contributed by atoms with Crippen molar-refractivity contribution in [3.63, 3.8) is 0 Å². The first-order valence-corrected chi connectivity index (χ1v) is 24.7. The number of rotatable bonds is 18. The predicted octanol–water partition coefficient (Wildman–Crippen LogP) is 12.8. The summed E-state index contributed by atoms with van der Waals surface area (Å²) >= 11 is 0. The van der Waals surface area contributed by atoms with Gasteiger partial charge in [-0.15, -0.1) is 0 Å². The zero-order valence-electron chi connectivity index (χ0n) is 41.4. The Bertz CT molecular complexity index is 3400. The van der Waals surface area contributed by atoms with E-state index in [4.69, 9.17) is 0 Å². The minimum Gasteiger partial charge on any atom is -0.289 e. The van der Waals surface area contributed by atoms with Crippen LogP contribution in [0.25, 0.3) is 0 Å². The van der Waals surface area contributed by atoms with Gasteiger partial charge in [-0.05, 0) is 72.8 Å². The van der Waals surface area contributed by atoms with E-state index in [1.54, 1.807) is 182 Å². The molecule has 0 fully saturated rings. The molecule has 0 aliphatic rings. The minimum atomic E-state index is -0.788. The van der Waals surface area contributed by atoms with Crippen molar-refractivity contribution in [2.75, 3.05) is 0 Å². The van der Waals surface area contributed by atoms with E-state index in [1.165, 1.54) is 72.8 Å². The van der Waals surface area contributed by atoms with E-state index in [0.717, 1.165) is 0 Å². The van der Waals surface area contributed by atoms with Gasteiger partial charge in [0, 0.05) is 100 Å². The van der Waals surface area contributed by atoms with Crippen LogP contribution in [-0.2, 0) is 0 Å². The molecule has 0 N–H and O–H groups in total. The van der Waals surface area contributed by atoms with Gasteiger partial charge in [-0.1, -0.05) is 182 Å². The fourth-order valence-corrected chi connectivity index (χ4v) is 9.12. The second kappa shape index (κ2) is 22.4. The molecule has 372 valence electrons. The van der Waals surface area contributed by atoms with Crippen molar-refractivity contribution in [2.45, 2.75) is 0 Å². The van der Waals surface area contributed by atoms with E-state index in [-0.39, 0.29) is 100 Å². The van der Waals surface area contributed by atoms with Crippen LogP contribution in [0, 0.1) is 0 Å². The summed E-state index contributed by atoms with van der Waals surface area (Å²) in [7, 11) is 0. The molecular formula is C69H42O9. The Balaban J connectivity index is 1.16. The number of carbonyl (C=O) groups excluding carboxylic acids is 9. The van der Waals surface area contributed by atoms with Gasteiger partial charge in [0.2, 0.25) is 0 Å². The summed E-state index contributed by atoms with van der Waals surface area (Å²) in [5.74, 6) is -5.26. The lowest BCUT2D eigenvalue weighted by atomic mass is 9.88. The molecule has 9 heteroatoms. The molecule has 0 atom stereocenters. The maximum absolute atomic E-state index is 15.3. The van der Waals surface area contributed by atoms with E-state index < -0.39 is 52.0 Å². The van der Waals surface area contributed by atoms with Crippen LogP contribution < -0.4 is 0 Å². The van der Waals surface area contributed by atoms with Crippen molar-refractivity contribution in [2.24, 2.45) is 0 Å². The molecule has 78 heavy (non-hydrogen) atoms. The highest BCUT2D eigenvalue weighted by Gasteiger charge is 2.26. The quantitative estimate of drug-likeness (QED) is 0.0764. The summed E-state index contributed by atoms with van der Waals surface area (Å²) in [5.41, 5.74) is 0.772. The average molecular weight is 1020 g/mol. The highest BCUT2D eigenvalue weighted by molar-refractivity contribution is 6.22. The van der Waals surface area contributed by atoms with Crippen LogP contribution in [0.2, 0.25) is 0 Å². The predicted molar refractivity (Wildman–Crippen MR) is 295 cm³/mol. The molecular weight excluding hydrogens is 973 g/mol. The highest BCUT2D eigenvalue weighted by atomic mass is 16.2. The SMILES string of the molecule is O=C(c1ccccc1)c1cc(C(=O)c2ccccc2)cc(C(=O)c2cc(C(=O)c3cc(C(=O)c4ccccc4)cc(C(=O)c4ccccc4)c3)cc(C(=O)c3cc(C(=O)c4ccccc4)cc(C(=O)c4ccccc4)c3)c2)c1. The van der Waals surface area contributed by atoms with E-state index in [1.807, 2.05) is 0 Å². The van der Waals surface area contributed by atoms with Crippen molar-refractivity contribution in [1.82, 2.24) is 0 Å². The molecule has 0 unspecified atom stereocenters. The monoisotopic (exact) mass is 1010 g/mol. The standard InChI is InChI=1S/C69H42O9/c70-61(43-19-7-1-8-20-43)49-31-50(62(71)44-21-9-2-10-22-44)35-55(34-49)67(76)58-40-59(68(77)56-36-51(63(72)45-23-11-3-12-24-45)32-52(37-56)64(73)46-25-13-4-14-26-46)42-60(41-58)69(78)57-38-53(65(74)47-27-15-5-16-28-47)33-54(39-57)66(75)48-29-17-6-18-30-48/h1-42H. The molecule has 10 aromatic rings. The van der Waals surface area contributed by atoms with E-state index in [0.29, 0.717) is 0 Å². The molecule has 10 aromatic carbocycles. The Hall–Kier alpha value is -10.8. The summed E-state index contributed by atoms with van der Waals surface area (Å²) in [5, 5.41) is 0. The minimum absolute atomic E-state index is 0.0147. The van der Waals surface area contributed by atoms with Gasteiger partial charge in [0.25, 0.3) is 0 Å². The molecule has 0 amide bonds. The third-order valence-corrected chi connectivity index (χ3v) is 13.1. The molecule has 0 aliphatic heterocycles. The lowest BCUT2D eigenvalue weighted by Gasteiger charge is -2.14. The first-order chi connectivity index (χ1) is 37.9. The Labute approximate surface area is 448 Å². The largest absolute Gasteiger partial charge is 0.289 e. The van der Waals surface area contributed by atoms with Crippen LogP contribution in [-0.4, -0.2) is 52.0 Å². The highest BCUT2D eigenvalue weighted by Crippen LogP contribution is 2.28. The molecule has 0 radical (unpaired) electrons. The van der Waals surface area contributed by atoms with Crippen LogP contribution >= 0.6 is 0 Å². The van der Waals surface area contributed by atoms with Crippen LogP contribution in [0.3, 0.4) is 0 Å². The van der Waals surface area contributed by atoms with Crippen molar-refractivity contribution >= 4 is 52.0 Å². The summed E-state index contributed by atoms with van der Waals surface area (Å²) in [6.45, 7) is 0. The molecule has 0 heterocycles. The average Bonchev–Trinajstić information content (AvgIpc) is 3.53. The normalized spacial score (nSPS) is 10.8. The van der Waals surface area contributed by atoms with Gasteiger partial charge < -0.3 is 0 Å². The molecule has 0 aliphatic carbocycles. The number of ketones is 9. The Morgan fingerprint density at radius 1 is 0.128 bits per heavy atom. The Kier molecular flexibility index (Phi) is 14.6. The van der Waals surface area contributed by atoms with Gasteiger partial charge in [0.1, 0.15) is 0 Å². The molecule has 10 rings (SSSR count). The zero-order valence-corrected chi connectivity index (χ0v) is 41.4. The summed E-state index contributed by atoms with van der Waals surface area (Å²) in [6, 6.07) is 65.9. The zero-order chi connectivity index (χ0) is 54.3. The fourth-order valence-electron chi connectivity index (χ4n) is 9.12. The second-order valence-electron chi connectivity index (χ2n) is 18.4. The lowest BCUT2D eigenvalue weighted by Crippen LogP contribution is -2.15.